The van der Waals surface area contributed by atoms with E-state index in [0.29, 0.717) is 6.10 Å². The molecule has 1 spiro atoms. The molecule has 2 aliphatic rings. The molecule has 2 aliphatic heterocycles. The minimum absolute atomic E-state index is 0.0827. The van der Waals surface area contributed by atoms with Gasteiger partial charge in [0.15, 0.2) is 0 Å². The summed E-state index contributed by atoms with van der Waals surface area (Å²) in [5, 5.41) is 0. The molecule has 0 aromatic carbocycles. The predicted molar refractivity (Wildman–Crippen MR) is 63.9 cm³/mol. The van der Waals surface area contributed by atoms with E-state index in [1.54, 1.807) is 0 Å². The van der Waals surface area contributed by atoms with Crippen molar-refractivity contribution in [1.82, 2.24) is 0 Å². The van der Waals surface area contributed by atoms with Gasteiger partial charge in [0.2, 0.25) is 0 Å². The van der Waals surface area contributed by atoms with Crippen LogP contribution in [-0.2, 0) is 9.47 Å². The molecule has 2 fully saturated rings. The lowest BCUT2D eigenvalue weighted by molar-refractivity contribution is -0.192. The van der Waals surface area contributed by atoms with E-state index in [1.807, 2.05) is 11.8 Å². The fraction of sp³-hybridized carbons (Fsp3) is 1.00. The Morgan fingerprint density at radius 1 is 1.38 bits per heavy atom. The Morgan fingerprint density at radius 3 is 2.85 bits per heavy atom. The van der Waals surface area contributed by atoms with Crippen molar-refractivity contribution in [3.63, 3.8) is 0 Å². The van der Waals surface area contributed by atoms with Crippen molar-refractivity contribution in [2.24, 2.45) is 0 Å². The fourth-order valence-electron chi connectivity index (χ4n) is 1.88. The summed E-state index contributed by atoms with van der Waals surface area (Å²) in [4.78, 5) is 0. The highest BCUT2D eigenvalue weighted by Gasteiger charge is 2.38. The van der Waals surface area contributed by atoms with E-state index in [-0.39, 0.29) is 5.60 Å². The maximum atomic E-state index is 6.12. The van der Waals surface area contributed by atoms with Gasteiger partial charge in [-0.05, 0) is 24.3 Å². The first-order valence-electron chi connectivity index (χ1n) is 4.74. The molecule has 2 heterocycles. The molecule has 2 saturated heterocycles. The number of thioether (sulfide) groups is 1. The van der Waals surface area contributed by atoms with Gasteiger partial charge in [-0.2, -0.15) is 11.8 Å². The molecule has 1 unspecified atom stereocenters. The molecule has 4 heteroatoms. The monoisotopic (exact) mass is 314 g/mol. The van der Waals surface area contributed by atoms with Gasteiger partial charge >= 0.3 is 0 Å². The molecular formula is C9H15IO2S. The summed E-state index contributed by atoms with van der Waals surface area (Å²) in [6.07, 6.45) is 2.67. The first-order valence-corrected chi connectivity index (χ1v) is 7.42. The van der Waals surface area contributed by atoms with Crippen molar-refractivity contribution in [2.75, 3.05) is 29.1 Å². The van der Waals surface area contributed by atoms with Crippen molar-refractivity contribution in [3.8, 4) is 0 Å². The number of rotatable bonds is 1. The maximum Gasteiger partial charge on any atom is 0.0935 e. The van der Waals surface area contributed by atoms with Crippen LogP contribution in [0.15, 0.2) is 0 Å². The minimum atomic E-state index is 0.0827. The molecule has 0 N–H and O–H groups in total. The van der Waals surface area contributed by atoms with Gasteiger partial charge in [-0.3, -0.25) is 0 Å². The van der Waals surface area contributed by atoms with Crippen LogP contribution in [0, 0.1) is 0 Å². The second-order valence-electron chi connectivity index (χ2n) is 3.70. The smallest absolute Gasteiger partial charge is 0.0935 e. The van der Waals surface area contributed by atoms with E-state index >= 15 is 0 Å². The normalized spacial score (nSPS) is 33.5. The lowest BCUT2D eigenvalue weighted by Gasteiger charge is -2.42. The topological polar surface area (TPSA) is 18.5 Å². The minimum Gasteiger partial charge on any atom is -0.376 e. The van der Waals surface area contributed by atoms with Crippen molar-refractivity contribution in [3.05, 3.63) is 0 Å². The van der Waals surface area contributed by atoms with Crippen LogP contribution in [0.1, 0.15) is 12.8 Å². The first-order chi connectivity index (χ1) is 6.35. The number of halogens is 1. The Hall–Kier alpha value is 1.00. The van der Waals surface area contributed by atoms with Crippen molar-refractivity contribution in [1.29, 1.82) is 0 Å². The van der Waals surface area contributed by atoms with Crippen molar-refractivity contribution in [2.45, 2.75) is 24.5 Å². The molecule has 2 rings (SSSR count). The lowest BCUT2D eigenvalue weighted by Crippen LogP contribution is -2.50. The van der Waals surface area contributed by atoms with Gasteiger partial charge in [0.05, 0.1) is 24.9 Å². The van der Waals surface area contributed by atoms with E-state index < -0.39 is 0 Å². The third-order valence-electron chi connectivity index (χ3n) is 2.66. The van der Waals surface area contributed by atoms with Gasteiger partial charge in [-0.1, -0.05) is 22.6 Å². The second kappa shape index (κ2) is 4.68. The molecule has 0 aromatic heterocycles. The van der Waals surface area contributed by atoms with Gasteiger partial charge in [0.25, 0.3) is 0 Å². The lowest BCUT2D eigenvalue weighted by atomic mass is 9.96. The Kier molecular flexibility index (Phi) is 3.79. The van der Waals surface area contributed by atoms with Crippen LogP contribution in [0.5, 0.6) is 0 Å². The van der Waals surface area contributed by atoms with Crippen LogP contribution < -0.4 is 0 Å². The second-order valence-corrected chi connectivity index (χ2v) is 5.81. The number of alkyl halides is 1. The van der Waals surface area contributed by atoms with E-state index in [4.69, 9.17) is 9.47 Å². The zero-order chi connectivity index (χ0) is 9.15. The summed E-state index contributed by atoms with van der Waals surface area (Å²) < 4.78 is 12.8. The number of hydrogen-bond acceptors (Lipinski definition) is 3. The molecular weight excluding hydrogens is 299 g/mol. The summed E-state index contributed by atoms with van der Waals surface area (Å²) in [7, 11) is 0. The van der Waals surface area contributed by atoms with Crippen LogP contribution in [0.4, 0.5) is 0 Å². The molecule has 0 saturated carbocycles. The molecule has 0 aliphatic carbocycles. The molecule has 0 amide bonds. The van der Waals surface area contributed by atoms with Crippen LogP contribution in [0.3, 0.4) is 0 Å². The quantitative estimate of drug-likeness (QED) is 0.545. The Labute approximate surface area is 97.3 Å². The van der Waals surface area contributed by atoms with Gasteiger partial charge in [-0.15, -0.1) is 0 Å². The maximum absolute atomic E-state index is 6.12. The fourth-order valence-corrected chi connectivity index (χ4v) is 3.55. The molecule has 0 aromatic rings. The van der Waals surface area contributed by atoms with Gasteiger partial charge in [0, 0.05) is 4.43 Å². The average molecular weight is 314 g/mol. The third kappa shape index (κ3) is 2.52. The summed E-state index contributed by atoms with van der Waals surface area (Å²) in [6.45, 7) is 1.61. The van der Waals surface area contributed by atoms with Gasteiger partial charge in [0.1, 0.15) is 0 Å². The van der Waals surface area contributed by atoms with Gasteiger partial charge < -0.3 is 9.47 Å². The van der Waals surface area contributed by atoms with E-state index in [0.717, 1.165) is 17.6 Å². The summed E-state index contributed by atoms with van der Waals surface area (Å²) in [6, 6.07) is 0. The summed E-state index contributed by atoms with van der Waals surface area (Å²) in [5.41, 5.74) is 0.0827. The highest BCUT2D eigenvalue weighted by Crippen LogP contribution is 2.34. The highest BCUT2D eigenvalue weighted by molar-refractivity contribution is 14.1. The summed E-state index contributed by atoms with van der Waals surface area (Å²) in [5.74, 6) is 2.47. The highest BCUT2D eigenvalue weighted by atomic mass is 127. The zero-order valence-electron chi connectivity index (χ0n) is 7.63. The number of hydrogen-bond donors (Lipinski definition) is 0. The SMILES string of the molecule is ICC1COCC2(CCSCC2)O1. The molecule has 0 bridgehead atoms. The first kappa shape index (κ1) is 10.5. The Morgan fingerprint density at radius 2 is 2.15 bits per heavy atom. The van der Waals surface area contributed by atoms with Crippen molar-refractivity contribution >= 4 is 34.4 Å². The Balaban J connectivity index is 1.95. The molecule has 13 heavy (non-hydrogen) atoms. The Bertz CT molecular complexity index is 165. The molecule has 1 atom stereocenters. The molecule has 2 nitrogen and oxygen atoms in total. The van der Waals surface area contributed by atoms with Crippen LogP contribution in [-0.4, -0.2) is 40.9 Å². The van der Waals surface area contributed by atoms with Crippen molar-refractivity contribution < 1.29 is 9.47 Å². The van der Waals surface area contributed by atoms with Gasteiger partial charge in [-0.25, -0.2) is 0 Å². The van der Waals surface area contributed by atoms with Crippen LogP contribution >= 0.6 is 34.4 Å². The number of ether oxygens (including phenoxy) is 2. The summed E-state index contributed by atoms with van der Waals surface area (Å²) >= 11 is 4.41. The standard InChI is InChI=1S/C9H15IO2S/c10-5-8-6-11-7-9(12-8)1-3-13-4-2-9/h8H,1-7H2. The van der Waals surface area contributed by atoms with E-state index in [2.05, 4.69) is 22.6 Å². The molecule has 0 radical (unpaired) electrons. The third-order valence-corrected chi connectivity index (χ3v) is 4.63. The van der Waals surface area contributed by atoms with Crippen LogP contribution in [0.2, 0.25) is 0 Å². The zero-order valence-corrected chi connectivity index (χ0v) is 10.6. The predicted octanol–water partition coefficient (Wildman–Crippen LogP) is 2.10. The van der Waals surface area contributed by atoms with Crippen LogP contribution in [0.25, 0.3) is 0 Å². The molecule has 76 valence electrons. The largest absolute Gasteiger partial charge is 0.376 e. The van der Waals surface area contributed by atoms with E-state index in [1.165, 1.54) is 24.3 Å². The average Bonchev–Trinajstić information content (AvgIpc) is 2.19. The van der Waals surface area contributed by atoms with E-state index in [9.17, 15) is 0 Å².